The minimum atomic E-state index is -1.06. The summed E-state index contributed by atoms with van der Waals surface area (Å²) >= 11 is 17.7. The zero-order valence-electron chi connectivity index (χ0n) is 15.4. The lowest BCUT2D eigenvalue weighted by Gasteiger charge is -2.14. The Labute approximate surface area is 182 Å². The second-order valence-electron chi connectivity index (χ2n) is 5.87. The molecule has 0 saturated carbocycles. The van der Waals surface area contributed by atoms with E-state index in [2.05, 4.69) is 10.6 Å². The number of esters is 1. The van der Waals surface area contributed by atoms with Gasteiger partial charge in [0.15, 0.2) is 12.7 Å². The summed E-state index contributed by atoms with van der Waals surface area (Å²) in [5, 5.41) is 5.87. The fraction of sp³-hybridized carbons (Fsp3) is 0.211. The number of rotatable bonds is 7. The highest BCUT2D eigenvalue weighted by atomic mass is 35.5. The number of ether oxygens (including phenoxy) is 2. The summed E-state index contributed by atoms with van der Waals surface area (Å²) in [7, 11) is 0. The first-order chi connectivity index (χ1) is 13.7. The van der Waals surface area contributed by atoms with Gasteiger partial charge < -0.3 is 20.1 Å². The first-order valence-electron chi connectivity index (χ1n) is 8.31. The maximum atomic E-state index is 12.2. The van der Waals surface area contributed by atoms with Crippen LogP contribution in [0.25, 0.3) is 0 Å². The minimum Gasteiger partial charge on any atom is -0.480 e. The van der Waals surface area contributed by atoms with Crippen LogP contribution < -0.4 is 15.4 Å². The van der Waals surface area contributed by atoms with E-state index in [0.717, 1.165) is 0 Å². The molecule has 0 aliphatic rings. The average Bonchev–Trinajstić information content (AvgIpc) is 2.64. The number of carbonyl (C=O) groups excluding carboxylic acids is 3. The number of hydrogen-bond acceptors (Lipinski definition) is 5. The van der Waals surface area contributed by atoms with Crippen molar-refractivity contribution in [3.05, 3.63) is 51.5 Å². The third-order valence-corrected chi connectivity index (χ3v) is 4.49. The normalized spacial score (nSPS) is 11.3. The van der Waals surface area contributed by atoms with Crippen LogP contribution in [-0.2, 0) is 19.1 Å². The van der Waals surface area contributed by atoms with Gasteiger partial charge in [0.05, 0.1) is 15.1 Å². The van der Waals surface area contributed by atoms with E-state index in [1.54, 1.807) is 24.3 Å². The van der Waals surface area contributed by atoms with Crippen LogP contribution >= 0.6 is 34.8 Å². The molecule has 0 bridgehead atoms. The molecule has 2 N–H and O–H groups in total. The predicted molar refractivity (Wildman–Crippen MR) is 112 cm³/mol. The Kier molecular flexibility index (Phi) is 8.13. The van der Waals surface area contributed by atoms with Gasteiger partial charge in [-0.05, 0) is 37.3 Å². The van der Waals surface area contributed by atoms with Gasteiger partial charge >= 0.3 is 5.97 Å². The van der Waals surface area contributed by atoms with Gasteiger partial charge in [0, 0.05) is 24.4 Å². The molecule has 10 heteroatoms. The molecule has 0 saturated heterocycles. The summed E-state index contributed by atoms with van der Waals surface area (Å²) in [5.41, 5.74) is 1.07. The Hall–Kier alpha value is -2.48. The molecule has 29 heavy (non-hydrogen) atoms. The largest absolute Gasteiger partial charge is 0.480 e. The maximum absolute atomic E-state index is 12.2. The summed E-state index contributed by atoms with van der Waals surface area (Å²) in [6.07, 6.45) is -1.06. The summed E-state index contributed by atoms with van der Waals surface area (Å²) < 4.78 is 10.3. The third kappa shape index (κ3) is 7.12. The Bertz CT molecular complexity index is 919. The molecule has 0 aliphatic carbocycles. The molecule has 2 aromatic carbocycles. The van der Waals surface area contributed by atoms with Crippen LogP contribution in [0.5, 0.6) is 5.75 Å². The highest BCUT2D eigenvalue weighted by Gasteiger charge is 2.19. The second-order valence-corrected chi connectivity index (χ2v) is 7.09. The molecule has 2 rings (SSSR count). The van der Waals surface area contributed by atoms with Gasteiger partial charge in [-0.15, -0.1) is 0 Å². The number of benzene rings is 2. The molecule has 0 spiro atoms. The molecule has 7 nitrogen and oxygen atoms in total. The Morgan fingerprint density at radius 2 is 1.48 bits per heavy atom. The van der Waals surface area contributed by atoms with Crippen molar-refractivity contribution in [2.24, 2.45) is 0 Å². The second kappa shape index (κ2) is 10.3. The number of halogens is 3. The Morgan fingerprint density at radius 3 is 2.07 bits per heavy atom. The molecule has 0 fully saturated rings. The van der Waals surface area contributed by atoms with Crippen molar-refractivity contribution in [2.45, 2.75) is 20.0 Å². The molecule has 1 unspecified atom stereocenters. The summed E-state index contributed by atoms with van der Waals surface area (Å²) in [6.45, 7) is 2.34. The number of nitrogens with one attached hydrogen (secondary N) is 2. The van der Waals surface area contributed by atoms with Crippen LogP contribution in [0.3, 0.4) is 0 Å². The molecule has 0 heterocycles. The fourth-order valence-electron chi connectivity index (χ4n) is 2.12. The lowest BCUT2D eigenvalue weighted by Crippen LogP contribution is -2.31. The van der Waals surface area contributed by atoms with E-state index in [1.807, 2.05) is 0 Å². The highest BCUT2D eigenvalue weighted by molar-refractivity contribution is 6.43. The Morgan fingerprint density at radius 1 is 0.931 bits per heavy atom. The van der Waals surface area contributed by atoms with Crippen molar-refractivity contribution in [1.29, 1.82) is 0 Å². The monoisotopic (exact) mass is 458 g/mol. The van der Waals surface area contributed by atoms with E-state index in [4.69, 9.17) is 44.3 Å². The Balaban J connectivity index is 1.85. The van der Waals surface area contributed by atoms with Crippen LogP contribution in [-0.4, -0.2) is 30.5 Å². The van der Waals surface area contributed by atoms with Crippen LogP contribution in [0.4, 0.5) is 11.4 Å². The van der Waals surface area contributed by atoms with E-state index in [1.165, 1.54) is 26.0 Å². The van der Waals surface area contributed by atoms with Crippen molar-refractivity contribution in [2.75, 3.05) is 17.2 Å². The number of anilines is 2. The molecule has 2 aromatic rings. The topological polar surface area (TPSA) is 93.7 Å². The van der Waals surface area contributed by atoms with Gasteiger partial charge in [-0.25, -0.2) is 4.79 Å². The molecular weight excluding hydrogens is 443 g/mol. The number of carbonyl (C=O) groups is 3. The average molecular weight is 460 g/mol. The highest BCUT2D eigenvalue weighted by Crippen LogP contribution is 2.33. The van der Waals surface area contributed by atoms with Gasteiger partial charge in [0.2, 0.25) is 5.91 Å². The van der Waals surface area contributed by atoms with E-state index in [0.29, 0.717) is 11.4 Å². The zero-order chi connectivity index (χ0) is 21.6. The molecule has 0 radical (unpaired) electrons. The van der Waals surface area contributed by atoms with Gasteiger partial charge in [0.1, 0.15) is 5.75 Å². The molecule has 154 valence electrons. The zero-order valence-corrected chi connectivity index (χ0v) is 17.7. The predicted octanol–water partition coefficient (Wildman–Crippen LogP) is 4.55. The molecular formula is C19H17Cl3N2O5. The van der Waals surface area contributed by atoms with E-state index >= 15 is 0 Å². The first-order valence-corrected chi connectivity index (χ1v) is 9.44. The SMILES string of the molecule is CC(=O)Nc1ccc(NC(=O)C(C)OC(=O)COc2cc(Cl)c(Cl)cc2Cl)cc1. The fourth-order valence-corrected chi connectivity index (χ4v) is 2.71. The van der Waals surface area contributed by atoms with Crippen molar-refractivity contribution in [1.82, 2.24) is 0 Å². The van der Waals surface area contributed by atoms with Crippen molar-refractivity contribution in [3.8, 4) is 5.75 Å². The van der Waals surface area contributed by atoms with E-state index < -0.39 is 24.6 Å². The standard InChI is InChI=1S/C19H17Cl3N2O5/c1-10(19(27)24-13-5-3-12(4-6-13)23-11(2)25)29-18(26)9-28-17-8-15(21)14(20)7-16(17)22/h3-8,10H,9H2,1-2H3,(H,23,25)(H,24,27). The van der Waals surface area contributed by atoms with E-state index in [9.17, 15) is 14.4 Å². The van der Waals surface area contributed by atoms with Crippen LogP contribution in [0.15, 0.2) is 36.4 Å². The van der Waals surface area contributed by atoms with Gasteiger partial charge in [-0.1, -0.05) is 34.8 Å². The number of amides is 2. The van der Waals surface area contributed by atoms with Crippen molar-refractivity contribution in [3.63, 3.8) is 0 Å². The third-order valence-electron chi connectivity index (χ3n) is 3.47. The first kappa shape index (κ1) is 22.8. The quantitative estimate of drug-likeness (QED) is 0.468. The molecule has 0 aromatic heterocycles. The summed E-state index contributed by atoms with van der Waals surface area (Å²) in [5.74, 6) is -1.34. The molecule has 2 amide bonds. The van der Waals surface area contributed by atoms with Crippen LogP contribution in [0.2, 0.25) is 15.1 Å². The maximum Gasteiger partial charge on any atom is 0.344 e. The van der Waals surface area contributed by atoms with Crippen molar-refractivity contribution < 1.29 is 23.9 Å². The lowest BCUT2D eigenvalue weighted by atomic mass is 10.2. The van der Waals surface area contributed by atoms with Crippen LogP contribution in [0, 0.1) is 0 Å². The van der Waals surface area contributed by atoms with E-state index in [-0.39, 0.29) is 26.7 Å². The van der Waals surface area contributed by atoms with Crippen LogP contribution in [0.1, 0.15) is 13.8 Å². The van der Waals surface area contributed by atoms with Crippen molar-refractivity contribution >= 4 is 64.0 Å². The number of hydrogen-bond donors (Lipinski definition) is 2. The van der Waals surface area contributed by atoms with Gasteiger partial charge in [-0.3, -0.25) is 9.59 Å². The van der Waals surface area contributed by atoms with Gasteiger partial charge in [-0.2, -0.15) is 0 Å². The summed E-state index contributed by atoms with van der Waals surface area (Å²) in [6, 6.07) is 9.23. The molecule has 0 aliphatic heterocycles. The minimum absolute atomic E-state index is 0.161. The molecule has 1 atom stereocenters. The smallest absolute Gasteiger partial charge is 0.344 e. The summed E-state index contributed by atoms with van der Waals surface area (Å²) in [4.78, 5) is 35.1. The van der Waals surface area contributed by atoms with Gasteiger partial charge in [0.25, 0.3) is 5.91 Å². The lowest BCUT2D eigenvalue weighted by molar-refractivity contribution is -0.155.